The Balaban J connectivity index is 1.90. The van der Waals surface area contributed by atoms with Crippen LogP contribution in [0.2, 0.25) is 0 Å². The van der Waals surface area contributed by atoms with E-state index in [1.54, 1.807) is 0 Å². The average Bonchev–Trinajstić information content (AvgIpc) is 2.54. The lowest BCUT2D eigenvalue weighted by atomic mass is 9.46. The van der Waals surface area contributed by atoms with E-state index in [4.69, 9.17) is 0 Å². The number of hydrogen-bond acceptors (Lipinski definition) is 2. The fraction of sp³-hybridized carbons (Fsp3) is 0.857. The number of hydrogen-bond donors (Lipinski definition) is 1. The van der Waals surface area contributed by atoms with Gasteiger partial charge in [0.25, 0.3) is 0 Å². The lowest BCUT2D eigenvalue weighted by Crippen LogP contribution is -2.51. The Morgan fingerprint density at radius 2 is 2.00 bits per heavy atom. The predicted octanol–water partition coefficient (Wildman–Crippen LogP) is 4.91. The fourth-order valence-corrected chi connectivity index (χ4v) is 6.14. The Hall–Kier alpha value is -0.630. The normalized spacial score (nSPS) is 43.6. The highest BCUT2D eigenvalue weighted by Crippen LogP contribution is 2.62. The smallest absolute Gasteiger partial charge is 0.155 e. The van der Waals surface area contributed by atoms with Gasteiger partial charge < -0.3 is 5.11 Å². The summed E-state index contributed by atoms with van der Waals surface area (Å²) >= 11 is 0. The summed E-state index contributed by atoms with van der Waals surface area (Å²) in [5.41, 5.74) is 1.80. The van der Waals surface area contributed by atoms with E-state index in [0.717, 1.165) is 37.5 Å². The van der Waals surface area contributed by atoms with Gasteiger partial charge in [-0.15, -0.1) is 0 Å². The summed E-state index contributed by atoms with van der Waals surface area (Å²) in [5.74, 6) is 2.46. The van der Waals surface area contributed by atoms with Crippen LogP contribution in [0.1, 0.15) is 78.6 Å². The Morgan fingerprint density at radius 3 is 2.70 bits per heavy atom. The molecule has 2 fully saturated rings. The first-order valence-corrected chi connectivity index (χ1v) is 9.79. The van der Waals surface area contributed by atoms with Crippen LogP contribution in [0, 0.1) is 28.6 Å². The zero-order chi connectivity index (χ0) is 16.7. The first kappa shape index (κ1) is 17.2. The van der Waals surface area contributed by atoms with Gasteiger partial charge in [0.1, 0.15) is 0 Å². The van der Waals surface area contributed by atoms with Crippen molar-refractivity contribution < 1.29 is 9.90 Å². The Labute approximate surface area is 141 Å². The third kappa shape index (κ3) is 2.81. The SMILES string of the molecule is CCCCC1C2CCC3=CC(=O)CCC3(C)C2CCC1(C)CO. The minimum atomic E-state index is 0.110. The Bertz CT molecular complexity index is 494. The summed E-state index contributed by atoms with van der Waals surface area (Å²) in [6.07, 6.45) is 12.3. The van der Waals surface area contributed by atoms with Gasteiger partial charge >= 0.3 is 0 Å². The molecule has 0 bridgehead atoms. The van der Waals surface area contributed by atoms with E-state index < -0.39 is 0 Å². The van der Waals surface area contributed by atoms with Gasteiger partial charge in [-0.1, -0.05) is 39.2 Å². The third-order valence-corrected chi connectivity index (χ3v) is 7.71. The molecule has 2 saturated carbocycles. The highest BCUT2D eigenvalue weighted by Gasteiger charge is 2.54. The third-order valence-electron chi connectivity index (χ3n) is 7.71. The predicted molar refractivity (Wildman–Crippen MR) is 94.1 cm³/mol. The lowest BCUT2D eigenvalue weighted by Gasteiger charge is -2.58. The van der Waals surface area contributed by atoms with Crippen LogP contribution < -0.4 is 0 Å². The molecule has 23 heavy (non-hydrogen) atoms. The van der Waals surface area contributed by atoms with Crippen molar-refractivity contribution in [3.63, 3.8) is 0 Å². The molecule has 0 amide bonds. The molecule has 0 spiro atoms. The molecule has 0 heterocycles. The zero-order valence-corrected chi connectivity index (χ0v) is 15.2. The second kappa shape index (κ2) is 6.35. The van der Waals surface area contributed by atoms with Crippen molar-refractivity contribution in [2.75, 3.05) is 6.61 Å². The summed E-state index contributed by atoms with van der Waals surface area (Å²) in [5, 5.41) is 10.1. The summed E-state index contributed by atoms with van der Waals surface area (Å²) in [6.45, 7) is 7.36. The van der Waals surface area contributed by atoms with Crippen LogP contribution in [-0.4, -0.2) is 17.5 Å². The highest BCUT2D eigenvalue weighted by molar-refractivity contribution is 5.91. The van der Waals surface area contributed by atoms with Gasteiger partial charge in [0, 0.05) is 13.0 Å². The molecular weight excluding hydrogens is 284 g/mol. The molecule has 130 valence electrons. The lowest BCUT2D eigenvalue weighted by molar-refractivity contribution is -0.118. The maximum Gasteiger partial charge on any atom is 0.155 e. The maximum atomic E-state index is 11.9. The van der Waals surface area contributed by atoms with E-state index in [1.165, 1.54) is 37.7 Å². The molecule has 5 unspecified atom stereocenters. The van der Waals surface area contributed by atoms with Gasteiger partial charge in [0.05, 0.1) is 0 Å². The molecule has 0 aromatic carbocycles. The van der Waals surface area contributed by atoms with E-state index in [9.17, 15) is 9.90 Å². The fourth-order valence-electron chi connectivity index (χ4n) is 6.14. The molecule has 5 atom stereocenters. The second-order valence-corrected chi connectivity index (χ2v) is 8.96. The summed E-state index contributed by atoms with van der Waals surface area (Å²) in [4.78, 5) is 11.9. The molecule has 0 aromatic rings. The van der Waals surface area contributed by atoms with Crippen LogP contribution in [0.3, 0.4) is 0 Å². The molecule has 1 N–H and O–H groups in total. The van der Waals surface area contributed by atoms with Crippen molar-refractivity contribution in [2.45, 2.75) is 78.6 Å². The number of fused-ring (bicyclic) bond motifs is 3. The number of ketones is 1. The van der Waals surface area contributed by atoms with Crippen molar-refractivity contribution >= 4 is 5.78 Å². The van der Waals surface area contributed by atoms with E-state index in [1.807, 2.05) is 6.08 Å². The summed E-state index contributed by atoms with van der Waals surface area (Å²) in [7, 11) is 0. The van der Waals surface area contributed by atoms with Crippen molar-refractivity contribution in [3.8, 4) is 0 Å². The number of unbranched alkanes of at least 4 members (excludes halogenated alkanes) is 1. The Morgan fingerprint density at radius 1 is 1.22 bits per heavy atom. The first-order chi connectivity index (χ1) is 10.9. The standard InChI is InChI=1S/C21H34O2/c1-4-5-6-18-17-8-7-15-13-16(23)9-12-21(15,3)19(17)10-11-20(18,2)14-22/h13,17-19,22H,4-12,14H2,1-3H3. The van der Waals surface area contributed by atoms with Gasteiger partial charge in [-0.05, 0) is 73.2 Å². The van der Waals surface area contributed by atoms with Gasteiger partial charge in [0.2, 0.25) is 0 Å². The van der Waals surface area contributed by atoms with Crippen LogP contribution in [-0.2, 0) is 4.79 Å². The molecule has 3 aliphatic rings. The number of allylic oxidation sites excluding steroid dienone is 2. The molecule has 0 aromatic heterocycles. The molecular formula is C21H34O2. The van der Waals surface area contributed by atoms with Gasteiger partial charge in [0.15, 0.2) is 5.78 Å². The van der Waals surface area contributed by atoms with E-state index in [0.29, 0.717) is 18.3 Å². The molecule has 0 saturated heterocycles. The van der Waals surface area contributed by atoms with Crippen LogP contribution in [0.15, 0.2) is 11.6 Å². The number of aliphatic hydroxyl groups is 1. The highest BCUT2D eigenvalue weighted by atomic mass is 16.3. The molecule has 3 aliphatic carbocycles. The minimum absolute atomic E-state index is 0.110. The van der Waals surface area contributed by atoms with Crippen LogP contribution >= 0.6 is 0 Å². The summed E-state index contributed by atoms with van der Waals surface area (Å²) in [6, 6.07) is 0. The number of carbonyl (C=O) groups excluding carboxylic acids is 1. The van der Waals surface area contributed by atoms with E-state index in [-0.39, 0.29) is 10.8 Å². The molecule has 2 nitrogen and oxygen atoms in total. The minimum Gasteiger partial charge on any atom is -0.396 e. The summed E-state index contributed by atoms with van der Waals surface area (Å²) < 4.78 is 0. The average molecular weight is 319 g/mol. The van der Waals surface area contributed by atoms with E-state index >= 15 is 0 Å². The number of carbonyl (C=O) groups is 1. The van der Waals surface area contributed by atoms with Crippen molar-refractivity contribution in [2.24, 2.45) is 28.6 Å². The van der Waals surface area contributed by atoms with Crippen molar-refractivity contribution in [3.05, 3.63) is 11.6 Å². The molecule has 0 aliphatic heterocycles. The van der Waals surface area contributed by atoms with Crippen molar-refractivity contribution in [1.82, 2.24) is 0 Å². The Kier molecular flexibility index (Phi) is 4.75. The monoisotopic (exact) mass is 318 g/mol. The maximum absolute atomic E-state index is 11.9. The zero-order valence-electron chi connectivity index (χ0n) is 15.2. The van der Waals surface area contributed by atoms with Crippen LogP contribution in [0.4, 0.5) is 0 Å². The van der Waals surface area contributed by atoms with Crippen molar-refractivity contribution in [1.29, 1.82) is 0 Å². The molecule has 3 rings (SSSR count). The number of rotatable bonds is 4. The topological polar surface area (TPSA) is 37.3 Å². The van der Waals surface area contributed by atoms with Gasteiger partial charge in [-0.3, -0.25) is 4.79 Å². The van der Waals surface area contributed by atoms with Gasteiger partial charge in [-0.2, -0.15) is 0 Å². The second-order valence-electron chi connectivity index (χ2n) is 8.96. The molecule has 2 heteroatoms. The quantitative estimate of drug-likeness (QED) is 0.800. The van der Waals surface area contributed by atoms with Gasteiger partial charge in [-0.25, -0.2) is 0 Å². The number of aliphatic hydroxyl groups excluding tert-OH is 1. The first-order valence-electron chi connectivity index (χ1n) is 9.79. The van der Waals surface area contributed by atoms with Crippen LogP contribution in [0.5, 0.6) is 0 Å². The van der Waals surface area contributed by atoms with Crippen LogP contribution in [0.25, 0.3) is 0 Å². The largest absolute Gasteiger partial charge is 0.396 e. The van der Waals surface area contributed by atoms with E-state index in [2.05, 4.69) is 20.8 Å². The molecule has 0 radical (unpaired) electrons.